The van der Waals surface area contributed by atoms with E-state index in [1.54, 1.807) is 7.11 Å². The molecule has 0 amide bonds. The Balaban J connectivity index is 2.51. The van der Waals surface area contributed by atoms with Gasteiger partial charge in [0.05, 0.1) is 25.5 Å². The van der Waals surface area contributed by atoms with Crippen LogP contribution in [0.3, 0.4) is 0 Å². The molecule has 96 valence electrons. The van der Waals surface area contributed by atoms with Gasteiger partial charge in [0, 0.05) is 12.6 Å². The molecule has 0 unspecified atom stereocenters. The number of aryl methyl sites for hydroxylation is 1. The number of rotatable bonds is 4. The SMILES string of the molecule is CNCc1ncc(-c2cc(C)ccc2OC)n1C. The van der Waals surface area contributed by atoms with E-state index in [-0.39, 0.29) is 0 Å². The molecule has 4 heteroatoms. The van der Waals surface area contributed by atoms with Crippen molar-refractivity contribution in [2.24, 2.45) is 7.05 Å². The summed E-state index contributed by atoms with van der Waals surface area (Å²) in [4.78, 5) is 4.43. The van der Waals surface area contributed by atoms with Gasteiger partial charge in [0.1, 0.15) is 11.6 Å². The van der Waals surface area contributed by atoms with E-state index in [0.29, 0.717) is 0 Å². The molecule has 1 aromatic carbocycles. The van der Waals surface area contributed by atoms with Crippen molar-refractivity contribution in [2.75, 3.05) is 14.2 Å². The van der Waals surface area contributed by atoms with E-state index in [2.05, 4.69) is 27.9 Å². The maximum absolute atomic E-state index is 5.42. The third kappa shape index (κ3) is 2.24. The summed E-state index contributed by atoms with van der Waals surface area (Å²) in [5.41, 5.74) is 3.36. The van der Waals surface area contributed by atoms with Gasteiger partial charge in [-0.25, -0.2) is 4.98 Å². The number of benzene rings is 1. The molecule has 0 spiro atoms. The molecule has 18 heavy (non-hydrogen) atoms. The molecule has 0 aliphatic carbocycles. The molecule has 0 aliphatic rings. The predicted octanol–water partition coefficient (Wildman–Crippen LogP) is 2.12. The molecule has 2 rings (SSSR count). The van der Waals surface area contributed by atoms with Crippen LogP contribution < -0.4 is 10.1 Å². The quantitative estimate of drug-likeness (QED) is 0.896. The molecular weight excluding hydrogens is 226 g/mol. The maximum atomic E-state index is 5.42. The van der Waals surface area contributed by atoms with E-state index < -0.39 is 0 Å². The lowest BCUT2D eigenvalue weighted by molar-refractivity contribution is 0.416. The van der Waals surface area contributed by atoms with Crippen LogP contribution in [0.15, 0.2) is 24.4 Å². The van der Waals surface area contributed by atoms with Crippen LogP contribution in [0, 0.1) is 6.92 Å². The van der Waals surface area contributed by atoms with Gasteiger partial charge >= 0.3 is 0 Å². The Hall–Kier alpha value is -1.81. The fraction of sp³-hybridized carbons (Fsp3) is 0.357. The van der Waals surface area contributed by atoms with E-state index in [1.165, 1.54) is 5.56 Å². The summed E-state index contributed by atoms with van der Waals surface area (Å²) in [6.07, 6.45) is 1.89. The second-order valence-electron chi connectivity index (χ2n) is 4.35. The van der Waals surface area contributed by atoms with Crippen molar-refractivity contribution in [3.63, 3.8) is 0 Å². The van der Waals surface area contributed by atoms with E-state index >= 15 is 0 Å². The molecule has 1 aromatic heterocycles. The van der Waals surface area contributed by atoms with E-state index in [9.17, 15) is 0 Å². The van der Waals surface area contributed by atoms with Gasteiger partial charge in [-0.3, -0.25) is 0 Å². The molecule has 0 fully saturated rings. The molecule has 0 saturated heterocycles. The van der Waals surface area contributed by atoms with Gasteiger partial charge in [0.2, 0.25) is 0 Å². The smallest absolute Gasteiger partial charge is 0.128 e. The highest BCUT2D eigenvalue weighted by Gasteiger charge is 2.12. The normalized spacial score (nSPS) is 10.7. The van der Waals surface area contributed by atoms with Crippen molar-refractivity contribution in [1.29, 1.82) is 0 Å². The van der Waals surface area contributed by atoms with Gasteiger partial charge in [-0.2, -0.15) is 0 Å². The highest BCUT2D eigenvalue weighted by molar-refractivity contribution is 5.68. The van der Waals surface area contributed by atoms with Crippen molar-refractivity contribution in [2.45, 2.75) is 13.5 Å². The second-order valence-corrected chi connectivity index (χ2v) is 4.35. The molecule has 0 aliphatic heterocycles. The lowest BCUT2D eigenvalue weighted by Crippen LogP contribution is -2.10. The van der Waals surface area contributed by atoms with Gasteiger partial charge < -0.3 is 14.6 Å². The fourth-order valence-corrected chi connectivity index (χ4v) is 2.04. The summed E-state index contributed by atoms with van der Waals surface area (Å²) in [6.45, 7) is 2.83. The molecule has 1 heterocycles. The summed E-state index contributed by atoms with van der Waals surface area (Å²) in [6, 6.07) is 6.17. The Labute approximate surface area is 108 Å². The lowest BCUT2D eigenvalue weighted by atomic mass is 10.1. The number of methoxy groups -OCH3 is 1. The summed E-state index contributed by atoms with van der Waals surface area (Å²) in [5.74, 6) is 1.88. The van der Waals surface area contributed by atoms with Crippen LogP contribution in [0.5, 0.6) is 5.75 Å². The highest BCUT2D eigenvalue weighted by atomic mass is 16.5. The van der Waals surface area contributed by atoms with Gasteiger partial charge in [-0.05, 0) is 26.1 Å². The van der Waals surface area contributed by atoms with Crippen molar-refractivity contribution in [1.82, 2.24) is 14.9 Å². The standard InChI is InChI=1S/C14H19N3O/c1-10-5-6-13(18-4)11(7-10)12-8-16-14(9-15-2)17(12)3/h5-8,15H,9H2,1-4H3. The summed E-state index contributed by atoms with van der Waals surface area (Å²) in [5, 5.41) is 3.12. The van der Waals surface area contributed by atoms with E-state index in [4.69, 9.17) is 4.74 Å². The summed E-state index contributed by atoms with van der Waals surface area (Å²) < 4.78 is 7.51. The minimum Gasteiger partial charge on any atom is -0.496 e. The minimum atomic E-state index is 0.755. The van der Waals surface area contributed by atoms with Crippen LogP contribution in [-0.4, -0.2) is 23.7 Å². The molecule has 4 nitrogen and oxygen atoms in total. The zero-order valence-electron chi connectivity index (χ0n) is 11.3. The first kappa shape index (κ1) is 12.6. The van der Waals surface area contributed by atoms with Crippen molar-refractivity contribution in [3.8, 4) is 17.0 Å². The van der Waals surface area contributed by atoms with Gasteiger partial charge in [-0.15, -0.1) is 0 Å². The van der Waals surface area contributed by atoms with Crippen LogP contribution in [-0.2, 0) is 13.6 Å². The summed E-state index contributed by atoms with van der Waals surface area (Å²) >= 11 is 0. The Morgan fingerprint density at radius 1 is 1.39 bits per heavy atom. The van der Waals surface area contributed by atoms with Crippen molar-refractivity contribution < 1.29 is 4.74 Å². The van der Waals surface area contributed by atoms with Crippen molar-refractivity contribution in [3.05, 3.63) is 35.8 Å². The first-order valence-electron chi connectivity index (χ1n) is 5.97. The minimum absolute atomic E-state index is 0.755. The van der Waals surface area contributed by atoms with Crippen LogP contribution in [0.4, 0.5) is 0 Å². The number of aromatic nitrogens is 2. The van der Waals surface area contributed by atoms with Crippen LogP contribution >= 0.6 is 0 Å². The van der Waals surface area contributed by atoms with Crippen LogP contribution in [0.25, 0.3) is 11.3 Å². The molecule has 2 aromatic rings. The lowest BCUT2D eigenvalue weighted by Gasteiger charge is -2.11. The largest absolute Gasteiger partial charge is 0.496 e. The topological polar surface area (TPSA) is 39.1 Å². The van der Waals surface area contributed by atoms with E-state index in [0.717, 1.165) is 29.4 Å². The number of nitrogens with one attached hydrogen (secondary N) is 1. The molecule has 0 bridgehead atoms. The highest BCUT2D eigenvalue weighted by Crippen LogP contribution is 2.30. The Bertz CT molecular complexity index is 546. The maximum Gasteiger partial charge on any atom is 0.128 e. The molecule has 1 N–H and O–H groups in total. The Morgan fingerprint density at radius 2 is 2.17 bits per heavy atom. The monoisotopic (exact) mass is 245 g/mol. The third-order valence-electron chi connectivity index (χ3n) is 3.05. The predicted molar refractivity (Wildman–Crippen MR) is 72.7 cm³/mol. The first-order valence-corrected chi connectivity index (χ1v) is 5.97. The number of hydrogen-bond donors (Lipinski definition) is 1. The van der Waals surface area contributed by atoms with Gasteiger partial charge in [0.25, 0.3) is 0 Å². The zero-order valence-corrected chi connectivity index (χ0v) is 11.3. The molecule has 0 saturated carbocycles. The number of nitrogens with zero attached hydrogens (tertiary/aromatic N) is 2. The average Bonchev–Trinajstić information content (AvgIpc) is 2.72. The zero-order chi connectivity index (χ0) is 13.1. The number of imidazole rings is 1. The first-order chi connectivity index (χ1) is 8.67. The van der Waals surface area contributed by atoms with Gasteiger partial charge in [0.15, 0.2) is 0 Å². The molecular formula is C14H19N3O. The average molecular weight is 245 g/mol. The van der Waals surface area contributed by atoms with Crippen LogP contribution in [0.1, 0.15) is 11.4 Å². The number of ether oxygens (including phenoxy) is 1. The molecule has 0 atom stereocenters. The second kappa shape index (κ2) is 5.23. The summed E-state index contributed by atoms with van der Waals surface area (Å²) in [7, 11) is 5.64. The Kier molecular flexibility index (Phi) is 3.67. The van der Waals surface area contributed by atoms with E-state index in [1.807, 2.05) is 32.4 Å². The molecule has 0 radical (unpaired) electrons. The third-order valence-corrected chi connectivity index (χ3v) is 3.05. The van der Waals surface area contributed by atoms with Crippen molar-refractivity contribution >= 4 is 0 Å². The van der Waals surface area contributed by atoms with Crippen LogP contribution in [0.2, 0.25) is 0 Å². The fourth-order valence-electron chi connectivity index (χ4n) is 2.04. The number of hydrogen-bond acceptors (Lipinski definition) is 3. The van der Waals surface area contributed by atoms with Gasteiger partial charge in [-0.1, -0.05) is 11.6 Å². The Morgan fingerprint density at radius 3 is 2.83 bits per heavy atom.